The van der Waals surface area contributed by atoms with Gasteiger partial charge >= 0.3 is 0 Å². The van der Waals surface area contributed by atoms with Gasteiger partial charge in [0.15, 0.2) is 5.78 Å². The van der Waals surface area contributed by atoms with Gasteiger partial charge in [0, 0.05) is 11.6 Å². The Kier molecular flexibility index (Phi) is 6.58. The molecule has 2 saturated carbocycles. The second-order valence-electron chi connectivity index (χ2n) is 11.4. The zero-order valence-corrected chi connectivity index (χ0v) is 20.7. The number of benzene rings is 1. The lowest BCUT2D eigenvalue weighted by atomic mass is 9.89. The van der Waals surface area contributed by atoms with Crippen LogP contribution in [0, 0.1) is 5.92 Å². The van der Waals surface area contributed by atoms with E-state index in [0.29, 0.717) is 11.5 Å². The molecular formula is C28H36FN3O4. The second-order valence-corrected chi connectivity index (χ2v) is 11.4. The van der Waals surface area contributed by atoms with E-state index in [1.165, 1.54) is 23.3 Å². The van der Waals surface area contributed by atoms with Gasteiger partial charge in [-0.05, 0) is 81.1 Å². The number of hydrogen-bond acceptors (Lipinski definition) is 5. The Morgan fingerprint density at radius 1 is 1.00 bits per heavy atom. The Morgan fingerprint density at radius 2 is 1.69 bits per heavy atom. The first-order valence-electron chi connectivity index (χ1n) is 13.7. The third-order valence-electron chi connectivity index (χ3n) is 9.07. The highest BCUT2D eigenvalue weighted by atomic mass is 19.1. The predicted octanol–water partition coefficient (Wildman–Crippen LogP) is 2.83. The molecule has 0 bridgehead atoms. The molecule has 7 nitrogen and oxygen atoms in total. The number of amides is 2. The summed E-state index contributed by atoms with van der Waals surface area (Å²) in [5.41, 5.74) is 1.79. The van der Waals surface area contributed by atoms with Crippen LogP contribution in [0.1, 0.15) is 73.2 Å². The quantitative estimate of drug-likeness (QED) is 0.654. The van der Waals surface area contributed by atoms with Crippen LogP contribution in [0.2, 0.25) is 0 Å². The number of nitrogens with one attached hydrogen (secondary N) is 1. The number of piperidine rings is 1. The average Bonchev–Trinajstić information content (AvgIpc) is 3.30. The zero-order chi connectivity index (χ0) is 24.8. The summed E-state index contributed by atoms with van der Waals surface area (Å²) in [5, 5.41) is 2.97. The number of alkyl halides is 1. The SMILES string of the molecule is O=C(N[C@H](C(=O)N1C[C@H](F)[C@H]2OCC(=O)[C@H]21)C1CCCC1)c1ccc(C2CCN(C3CC3)CC2)cc1. The van der Waals surface area contributed by atoms with Crippen LogP contribution in [0.15, 0.2) is 24.3 Å². The van der Waals surface area contributed by atoms with Crippen molar-refractivity contribution in [2.75, 3.05) is 26.2 Å². The van der Waals surface area contributed by atoms with Crippen LogP contribution in [0.3, 0.4) is 0 Å². The number of rotatable bonds is 6. The second kappa shape index (κ2) is 9.86. The Balaban J connectivity index is 1.13. The number of carbonyl (C=O) groups excluding carboxylic acids is 3. The van der Waals surface area contributed by atoms with Gasteiger partial charge in [-0.15, -0.1) is 0 Å². The molecule has 5 fully saturated rings. The van der Waals surface area contributed by atoms with E-state index in [1.54, 1.807) is 0 Å². The normalized spacial score (nSPS) is 30.5. The van der Waals surface area contributed by atoms with Crippen LogP contribution < -0.4 is 5.32 Å². The minimum Gasteiger partial charge on any atom is -0.365 e. The van der Waals surface area contributed by atoms with Crippen molar-refractivity contribution in [3.05, 3.63) is 35.4 Å². The van der Waals surface area contributed by atoms with Gasteiger partial charge in [0.2, 0.25) is 5.91 Å². The highest BCUT2D eigenvalue weighted by molar-refractivity contribution is 5.99. The number of ketones is 1. The molecule has 0 radical (unpaired) electrons. The Bertz CT molecular complexity index is 999. The lowest BCUT2D eigenvalue weighted by Crippen LogP contribution is -2.54. The summed E-state index contributed by atoms with van der Waals surface area (Å²) in [7, 11) is 0. The van der Waals surface area contributed by atoms with Crippen molar-refractivity contribution in [1.29, 1.82) is 0 Å². The van der Waals surface area contributed by atoms with Crippen molar-refractivity contribution in [3.63, 3.8) is 0 Å². The Hall–Kier alpha value is -2.32. The number of halogens is 1. The van der Waals surface area contributed by atoms with Crippen LogP contribution in [0.5, 0.6) is 0 Å². The van der Waals surface area contributed by atoms with E-state index >= 15 is 0 Å². The molecule has 8 heteroatoms. The lowest BCUT2D eigenvalue weighted by molar-refractivity contribution is -0.139. The molecule has 2 aliphatic carbocycles. The molecule has 5 aliphatic rings. The number of Topliss-reactive ketones (excluding diaryl/α,β-unsaturated/α-hetero) is 1. The van der Waals surface area contributed by atoms with Crippen LogP contribution >= 0.6 is 0 Å². The highest BCUT2D eigenvalue weighted by Crippen LogP contribution is 2.35. The fraction of sp³-hybridized carbons (Fsp3) is 0.679. The molecule has 194 valence electrons. The minimum atomic E-state index is -1.38. The molecule has 0 aromatic heterocycles. The Morgan fingerprint density at radius 3 is 2.36 bits per heavy atom. The maximum atomic E-state index is 14.5. The predicted molar refractivity (Wildman–Crippen MR) is 131 cm³/mol. The van der Waals surface area contributed by atoms with Gasteiger partial charge in [-0.2, -0.15) is 0 Å². The highest BCUT2D eigenvalue weighted by Gasteiger charge is 2.54. The number of likely N-dealkylation sites (tertiary alicyclic amines) is 2. The third-order valence-corrected chi connectivity index (χ3v) is 9.07. The zero-order valence-electron chi connectivity index (χ0n) is 20.7. The van der Waals surface area contributed by atoms with Crippen molar-refractivity contribution in [3.8, 4) is 0 Å². The smallest absolute Gasteiger partial charge is 0.251 e. The summed E-state index contributed by atoms with van der Waals surface area (Å²) in [6, 6.07) is 6.98. The van der Waals surface area contributed by atoms with Gasteiger partial charge in [0.05, 0.1) is 6.54 Å². The van der Waals surface area contributed by atoms with E-state index in [1.807, 2.05) is 24.3 Å². The van der Waals surface area contributed by atoms with Crippen molar-refractivity contribution >= 4 is 17.6 Å². The molecule has 3 heterocycles. The van der Waals surface area contributed by atoms with Crippen LogP contribution in [0.25, 0.3) is 0 Å². The average molecular weight is 498 g/mol. The van der Waals surface area contributed by atoms with E-state index in [-0.39, 0.29) is 36.7 Å². The lowest BCUT2D eigenvalue weighted by Gasteiger charge is -2.32. The van der Waals surface area contributed by atoms with Crippen LogP contribution in [-0.2, 0) is 14.3 Å². The van der Waals surface area contributed by atoms with E-state index < -0.39 is 24.4 Å². The molecule has 6 rings (SSSR count). The van der Waals surface area contributed by atoms with Gasteiger partial charge in [-0.25, -0.2) is 4.39 Å². The fourth-order valence-corrected chi connectivity index (χ4v) is 6.84. The molecule has 2 amide bonds. The first kappa shape index (κ1) is 24.0. The molecule has 3 saturated heterocycles. The molecule has 1 aromatic carbocycles. The van der Waals surface area contributed by atoms with Gasteiger partial charge < -0.3 is 19.9 Å². The molecular weight excluding hydrogens is 461 g/mol. The van der Waals surface area contributed by atoms with Gasteiger partial charge in [0.25, 0.3) is 5.91 Å². The summed E-state index contributed by atoms with van der Waals surface area (Å²) in [6.07, 6.45) is 6.39. The summed E-state index contributed by atoms with van der Waals surface area (Å²) in [6.45, 7) is 1.97. The molecule has 0 unspecified atom stereocenters. The van der Waals surface area contributed by atoms with Crippen molar-refractivity contribution < 1.29 is 23.5 Å². The number of ether oxygens (including phenoxy) is 1. The first-order chi connectivity index (χ1) is 17.5. The third kappa shape index (κ3) is 4.58. The van der Waals surface area contributed by atoms with E-state index in [9.17, 15) is 18.8 Å². The van der Waals surface area contributed by atoms with Crippen molar-refractivity contribution in [1.82, 2.24) is 15.1 Å². The largest absolute Gasteiger partial charge is 0.365 e. The fourth-order valence-electron chi connectivity index (χ4n) is 6.84. The van der Waals surface area contributed by atoms with Gasteiger partial charge in [-0.3, -0.25) is 14.4 Å². The van der Waals surface area contributed by atoms with Gasteiger partial charge in [-0.1, -0.05) is 25.0 Å². The molecule has 0 spiro atoms. The maximum absolute atomic E-state index is 14.5. The number of carbonyl (C=O) groups is 3. The summed E-state index contributed by atoms with van der Waals surface area (Å²) in [4.78, 5) is 43.1. The number of nitrogens with zero attached hydrogens (tertiary/aromatic N) is 2. The molecule has 1 N–H and O–H groups in total. The number of hydrogen-bond donors (Lipinski definition) is 1. The van der Waals surface area contributed by atoms with Gasteiger partial charge in [0.1, 0.15) is 31.0 Å². The summed E-state index contributed by atoms with van der Waals surface area (Å²) < 4.78 is 19.8. The monoisotopic (exact) mass is 497 g/mol. The van der Waals surface area contributed by atoms with Crippen molar-refractivity contribution in [2.45, 2.75) is 87.7 Å². The maximum Gasteiger partial charge on any atom is 0.251 e. The topological polar surface area (TPSA) is 79.0 Å². The van der Waals surface area contributed by atoms with E-state index in [4.69, 9.17) is 4.74 Å². The first-order valence-corrected chi connectivity index (χ1v) is 13.7. The molecule has 3 aliphatic heterocycles. The molecule has 36 heavy (non-hydrogen) atoms. The van der Waals surface area contributed by atoms with Crippen LogP contribution in [-0.4, -0.2) is 84.0 Å². The van der Waals surface area contributed by atoms with E-state index in [2.05, 4.69) is 10.2 Å². The minimum absolute atomic E-state index is 0.00749. The van der Waals surface area contributed by atoms with Crippen LogP contribution in [0.4, 0.5) is 4.39 Å². The Labute approximate surface area is 211 Å². The standard InChI is InChI=1S/C28H36FN3O4/c29-22-15-32(25-23(33)16-36-26(22)25)28(35)24(19-3-1-2-4-19)30-27(34)20-7-5-17(6-8-20)18-11-13-31(14-12-18)21-9-10-21/h5-8,18-19,21-22,24-26H,1-4,9-16H2,(H,30,34)/t22-,24-,25+,26+/m0/s1. The summed E-state index contributed by atoms with van der Waals surface area (Å²) in [5.74, 6) is -0.400. The summed E-state index contributed by atoms with van der Waals surface area (Å²) >= 11 is 0. The van der Waals surface area contributed by atoms with E-state index in [0.717, 1.165) is 57.7 Å². The molecule has 1 aromatic rings. The number of fused-ring (bicyclic) bond motifs is 1. The van der Waals surface area contributed by atoms with Crippen molar-refractivity contribution in [2.24, 2.45) is 5.92 Å². The molecule has 4 atom stereocenters.